The minimum Gasteiger partial charge on any atom is -0.330 e. The van der Waals surface area contributed by atoms with Crippen molar-refractivity contribution in [2.75, 3.05) is 6.54 Å². The molecule has 0 aromatic rings. The van der Waals surface area contributed by atoms with Gasteiger partial charge in [-0.1, -0.05) is 64.7 Å². The van der Waals surface area contributed by atoms with Crippen LogP contribution in [0.4, 0.5) is 0 Å². The van der Waals surface area contributed by atoms with Gasteiger partial charge >= 0.3 is 0 Å². The lowest BCUT2D eigenvalue weighted by atomic mass is 10.1. The number of hydrogen-bond acceptors (Lipinski definition) is 3. The molecule has 0 atom stereocenters. The molecule has 0 aromatic heterocycles. The molecule has 0 heterocycles. The summed E-state index contributed by atoms with van der Waals surface area (Å²) in [6.07, 6.45) is 13.9. The van der Waals surface area contributed by atoms with Crippen LogP contribution >= 0.6 is 0 Å². The Labute approximate surface area is 95.2 Å². The fourth-order valence-corrected chi connectivity index (χ4v) is 1.63. The average Bonchev–Trinajstić information content (AvgIpc) is 2.30. The Balaban J connectivity index is 0. The van der Waals surface area contributed by atoms with Crippen LogP contribution in [-0.4, -0.2) is 11.8 Å². The van der Waals surface area contributed by atoms with Gasteiger partial charge in [-0.05, 0) is 13.0 Å². The zero-order chi connectivity index (χ0) is 11.8. The van der Waals surface area contributed by atoms with E-state index in [9.17, 15) is 0 Å². The van der Waals surface area contributed by atoms with Crippen molar-refractivity contribution in [2.24, 2.45) is 11.6 Å². The quantitative estimate of drug-likeness (QED) is 0.389. The predicted octanol–water partition coefficient (Wildman–Crippen LogP) is 3.20. The van der Waals surface area contributed by atoms with Gasteiger partial charge in [0.2, 0.25) is 0 Å². The number of unbranched alkanes of at least 4 members (excludes halogenated alkanes) is 9. The number of nitrogens with two attached hydrogens (primary N) is 2. The summed E-state index contributed by atoms with van der Waals surface area (Å²) in [6, 6.07) is 0. The van der Waals surface area contributed by atoms with Crippen molar-refractivity contribution in [1.29, 1.82) is 0 Å². The van der Waals surface area contributed by atoms with Crippen molar-refractivity contribution >= 4 is 0 Å². The highest BCUT2D eigenvalue weighted by Gasteiger charge is 1.90. The molecule has 0 rings (SSSR count). The van der Waals surface area contributed by atoms with Crippen LogP contribution in [0.3, 0.4) is 0 Å². The van der Waals surface area contributed by atoms with E-state index in [1.807, 2.05) is 0 Å². The Bertz CT molecular complexity index is 79.7. The van der Waals surface area contributed by atoms with Crippen molar-refractivity contribution in [3.05, 3.63) is 0 Å². The lowest BCUT2D eigenvalue weighted by Gasteiger charge is -2.00. The molecule has 0 fully saturated rings. The largest absolute Gasteiger partial charge is 0.330 e. The molecule has 94 valence electrons. The molecule has 0 aromatic carbocycles. The molecular formula is C12H30N2O. The summed E-state index contributed by atoms with van der Waals surface area (Å²) in [5, 5.41) is 6.50. The number of hydrogen-bond donors (Lipinski definition) is 3. The zero-order valence-corrected chi connectivity index (χ0v) is 10.4. The van der Waals surface area contributed by atoms with Gasteiger partial charge < -0.3 is 10.9 Å². The van der Waals surface area contributed by atoms with E-state index in [2.05, 4.69) is 12.8 Å². The van der Waals surface area contributed by atoms with Gasteiger partial charge in [0.25, 0.3) is 0 Å². The summed E-state index contributed by atoms with van der Waals surface area (Å²) in [7, 11) is 0. The normalized spacial score (nSPS) is 9.60. The summed E-state index contributed by atoms with van der Waals surface area (Å²) in [4.78, 5) is 0. The average molecular weight is 218 g/mol. The van der Waals surface area contributed by atoms with E-state index >= 15 is 0 Å². The van der Waals surface area contributed by atoms with Gasteiger partial charge in [0, 0.05) is 0 Å². The van der Waals surface area contributed by atoms with Gasteiger partial charge in [-0.25, -0.2) is 5.90 Å². The second kappa shape index (κ2) is 19.5. The molecule has 0 saturated carbocycles. The fourth-order valence-electron chi connectivity index (χ4n) is 1.63. The van der Waals surface area contributed by atoms with Crippen LogP contribution < -0.4 is 11.6 Å². The molecule has 0 saturated heterocycles. The van der Waals surface area contributed by atoms with E-state index in [1.54, 1.807) is 0 Å². The van der Waals surface area contributed by atoms with Crippen molar-refractivity contribution in [1.82, 2.24) is 0 Å². The van der Waals surface area contributed by atoms with Crippen molar-refractivity contribution < 1.29 is 5.21 Å². The standard InChI is InChI=1S/C12H27N.H3NO/c1-2-3-4-5-6-7-8-9-10-11-12-13;1-2/h2-13H2,1H3;2H,1H2. The number of rotatable bonds is 10. The van der Waals surface area contributed by atoms with Gasteiger partial charge in [-0.2, -0.15) is 0 Å². The van der Waals surface area contributed by atoms with Crippen LogP contribution in [0.25, 0.3) is 0 Å². The Kier molecular flexibility index (Phi) is 22.4. The molecule has 0 radical (unpaired) electrons. The molecular weight excluding hydrogens is 188 g/mol. The van der Waals surface area contributed by atoms with Crippen LogP contribution in [0.15, 0.2) is 0 Å². The third-order valence-corrected chi connectivity index (χ3v) is 2.56. The third-order valence-electron chi connectivity index (χ3n) is 2.56. The first-order chi connectivity index (χ1) is 7.41. The molecule has 0 amide bonds. The highest BCUT2D eigenvalue weighted by molar-refractivity contribution is 4.47. The van der Waals surface area contributed by atoms with Gasteiger partial charge in [-0.15, -0.1) is 0 Å². The molecule has 0 bridgehead atoms. The van der Waals surface area contributed by atoms with Gasteiger partial charge in [0.15, 0.2) is 0 Å². The fraction of sp³-hybridized carbons (Fsp3) is 1.00. The topological polar surface area (TPSA) is 72.3 Å². The second-order valence-electron chi connectivity index (χ2n) is 3.97. The summed E-state index contributed by atoms with van der Waals surface area (Å²) in [6.45, 7) is 3.14. The molecule has 0 aliphatic rings. The third kappa shape index (κ3) is 20.1. The minimum atomic E-state index is 0.872. The van der Waals surface area contributed by atoms with Crippen LogP contribution in [0.5, 0.6) is 0 Å². The van der Waals surface area contributed by atoms with E-state index in [0.717, 1.165) is 6.54 Å². The molecule has 0 unspecified atom stereocenters. The van der Waals surface area contributed by atoms with Crippen LogP contribution in [0, 0.1) is 0 Å². The monoisotopic (exact) mass is 218 g/mol. The molecule has 0 spiro atoms. The first kappa shape index (κ1) is 17.3. The zero-order valence-electron chi connectivity index (χ0n) is 10.4. The molecule has 0 aliphatic heterocycles. The molecule has 3 heteroatoms. The van der Waals surface area contributed by atoms with Gasteiger partial charge in [-0.3, -0.25) is 0 Å². The van der Waals surface area contributed by atoms with E-state index in [-0.39, 0.29) is 0 Å². The summed E-state index contributed by atoms with van der Waals surface area (Å²) in [5.41, 5.74) is 5.42. The maximum absolute atomic E-state index is 6.50. The Morgan fingerprint density at radius 1 is 0.667 bits per heavy atom. The first-order valence-electron chi connectivity index (χ1n) is 6.37. The maximum Gasteiger partial charge on any atom is -0.00773 e. The predicted molar refractivity (Wildman–Crippen MR) is 66.9 cm³/mol. The highest BCUT2D eigenvalue weighted by atomic mass is 16.4. The second-order valence-corrected chi connectivity index (χ2v) is 3.97. The van der Waals surface area contributed by atoms with Crippen molar-refractivity contribution in [2.45, 2.75) is 71.1 Å². The molecule has 3 nitrogen and oxygen atoms in total. The van der Waals surface area contributed by atoms with E-state index in [0.29, 0.717) is 0 Å². The molecule has 0 aliphatic carbocycles. The molecule has 15 heavy (non-hydrogen) atoms. The summed E-state index contributed by atoms with van der Waals surface area (Å²) >= 11 is 0. The van der Waals surface area contributed by atoms with E-state index in [4.69, 9.17) is 10.9 Å². The van der Waals surface area contributed by atoms with Crippen LogP contribution in [0.1, 0.15) is 71.1 Å². The Morgan fingerprint density at radius 3 is 1.33 bits per heavy atom. The van der Waals surface area contributed by atoms with Gasteiger partial charge in [0.1, 0.15) is 0 Å². The minimum absolute atomic E-state index is 0.872. The SMILES string of the molecule is CCCCCCCCCCCCN.NO. The van der Waals surface area contributed by atoms with E-state index < -0.39 is 0 Å². The summed E-state index contributed by atoms with van der Waals surface area (Å²) in [5.74, 6) is 3.50. The smallest absolute Gasteiger partial charge is 0.00773 e. The lowest BCUT2D eigenvalue weighted by molar-refractivity contribution is 0.311. The van der Waals surface area contributed by atoms with Crippen molar-refractivity contribution in [3.8, 4) is 0 Å². The first-order valence-corrected chi connectivity index (χ1v) is 6.37. The highest BCUT2D eigenvalue weighted by Crippen LogP contribution is 2.09. The Morgan fingerprint density at radius 2 is 1.00 bits per heavy atom. The molecule has 5 N–H and O–H groups in total. The Hall–Kier alpha value is -0.120. The van der Waals surface area contributed by atoms with Crippen LogP contribution in [0.2, 0.25) is 0 Å². The summed E-state index contributed by atoms with van der Waals surface area (Å²) < 4.78 is 0. The van der Waals surface area contributed by atoms with Crippen LogP contribution in [-0.2, 0) is 0 Å². The van der Waals surface area contributed by atoms with Crippen molar-refractivity contribution in [3.63, 3.8) is 0 Å². The lowest BCUT2D eigenvalue weighted by Crippen LogP contribution is -1.97. The van der Waals surface area contributed by atoms with E-state index in [1.165, 1.54) is 64.2 Å². The van der Waals surface area contributed by atoms with Gasteiger partial charge in [0.05, 0.1) is 0 Å². The maximum atomic E-state index is 6.50.